The minimum absolute atomic E-state index is 0.0182. The fourth-order valence-corrected chi connectivity index (χ4v) is 6.13. The number of hydrogen-bond donors (Lipinski definition) is 2. The number of fused-ring (bicyclic) bond motifs is 2. The molecule has 0 unspecified atom stereocenters. The third kappa shape index (κ3) is 5.86. The van der Waals surface area contributed by atoms with Gasteiger partial charge in [0.25, 0.3) is 0 Å². The lowest BCUT2D eigenvalue weighted by Crippen LogP contribution is -2.29. The molecule has 0 saturated heterocycles. The van der Waals surface area contributed by atoms with Gasteiger partial charge in [0.2, 0.25) is 10.0 Å². The molecule has 0 aliphatic heterocycles. The molecule has 3 aromatic rings. The average molecular weight is 476 g/mol. The minimum Gasteiger partial charge on any atom is -0.383 e. The lowest BCUT2D eigenvalue weighted by molar-refractivity contribution is 0.316. The van der Waals surface area contributed by atoms with Crippen LogP contribution < -0.4 is 15.5 Å². The van der Waals surface area contributed by atoms with Crippen LogP contribution in [-0.2, 0) is 16.6 Å². The standard InChI is InChI=1S/C24H33N3O3S2/c1-4-7-16-32(29,30)26-17-18-12-13-20(25-14-15-27(5-2)6-3)22-23(28)19-10-8-9-11-21(19)31-24(18)22/h8-13,25-26H,4-7,14-17H2,1-3H3. The lowest BCUT2D eigenvalue weighted by Gasteiger charge is -2.19. The maximum Gasteiger partial charge on any atom is 0.211 e. The van der Waals surface area contributed by atoms with Gasteiger partial charge in [-0.2, -0.15) is 0 Å². The number of nitrogens with zero attached hydrogens (tertiary/aromatic N) is 1. The summed E-state index contributed by atoms with van der Waals surface area (Å²) in [6, 6.07) is 11.4. The van der Waals surface area contributed by atoms with Gasteiger partial charge in [-0.15, -0.1) is 11.3 Å². The van der Waals surface area contributed by atoms with Gasteiger partial charge in [-0.1, -0.05) is 45.4 Å². The van der Waals surface area contributed by atoms with Crippen molar-refractivity contribution in [1.82, 2.24) is 9.62 Å². The highest BCUT2D eigenvalue weighted by Crippen LogP contribution is 2.32. The van der Waals surface area contributed by atoms with Gasteiger partial charge >= 0.3 is 0 Å². The Morgan fingerprint density at radius 3 is 2.50 bits per heavy atom. The summed E-state index contributed by atoms with van der Waals surface area (Å²) in [5.41, 5.74) is 1.61. The van der Waals surface area contributed by atoms with Crippen molar-refractivity contribution in [2.75, 3.05) is 37.2 Å². The van der Waals surface area contributed by atoms with Gasteiger partial charge in [-0.05, 0) is 43.3 Å². The van der Waals surface area contributed by atoms with Crippen molar-refractivity contribution in [3.63, 3.8) is 0 Å². The van der Waals surface area contributed by atoms with Crippen LogP contribution in [0, 0.1) is 0 Å². The normalized spacial score (nSPS) is 12.1. The molecular formula is C24H33N3O3S2. The largest absolute Gasteiger partial charge is 0.383 e. The van der Waals surface area contributed by atoms with E-state index in [0.717, 1.165) is 53.3 Å². The lowest BCUT2D eigenvalue weighted by atomic mass is 10.1. The van der Waals surface area contributed by atoms with Crippen molar-refractivity contribution in [3.8, 4) is 0 Å². The Labute approximate surface area is 194 Å². The van der Waals surface area contributed by atoms with E-state index < -0.39 is 10.0 Å². The van der Waals surface area contributed by atoms with Crippen molar-refractivity contribution in [2.45, 2.75) is 40.2 Å². The van der Waals surface area contributed by atoms with Crippen molar-refractivity contribution in [1.29, 1.82) is 0 Å². The molecule has 8 heteroatoms. The average Bonchev–Trinajstić information content (AvgIpc) is 2.80. The molecule has 0 aliphatic carbocycles. The quantitative estimate of drug-likeness (QED) is 0.380. The van der Waals surface area contributed by atoms with E-state index in [2.05, 4.69) is 28.8 Å². The zero-order valence-corrected chi connectivity index (χ0v) is 20.7. The predicted molar refractivity (Wildman–Crippen MR) is 137 cm³/mol. The van der Waals surface area contributed by atoms with Crippen LogP contribution in [0.3, 0.4) is 0 Å². The second-order valence-electron chi connectivity index (χ2n) is 7.85. The molecule has 0 radical (unpaired) electrons. The fraction of sp³-hybridized carbons (Fsp3) is 0.458. The zero-order chi connectivity index (χ0) is 23.1. The van der Waals surface area contributed by atoms with Crippen LogP contribution in [0.15, 0.2) is 41.2 Å². The highest BCUT2D eigenvalue weighted by atomic mass is 32.2. The molecular weight excluding hydrogens is 442 g/mol. The number of anilines is 1. The van der Waals surface area contributed by atoms with Gasteiger partial charge < -0.3 is 10.2 Å². The van der Waals surface area contributed by atoms with Crippen molar-refractivity contribution in [2.24, 2.45) is 0 Å². The molecule has 1 heterocycles. The molecule has 0 aliphatic rings. The van der Waals surface area contributed by atoms with E-state index in [0.29, 0.717) is 17.2 Å². The smallest absolute Gasteiger partial charge is 0.211 e. The number of benzene rings is 2. The third-order valence-corrected chi connectivity index (χ3v) is 8.35. The summed E-state index contributed by atoms with van der Waals surface area (Å²) >= 11 is 1.54. The predicted octanol–water partition coefficient (Wildman–Crippen LogP) is 4.39. The Hall–Kier alpha value is -2.00. The van der Waals surface area contributed by atoms with Gasteiger partial charge in [0.05, 0.1) is 11.1 Å². The number of nitrogens with one attached hydrogen (secondary N) is 2. The minimum atomic E-state index is -3.35. The van der Waals surface area contributed by atoms with E-state index in [9.17, 15) is 13.2 Å². The van der Waals surface area contributed by atoms with Crippen molar-refractivity contribution in [3.05, 3.63) is 52.2 Å². The van der Waals surface area contributed by atoms with Crippen LogP contribution in [0.1, 0.15) is 39.2 Å². The third-order valence-electron chi connectivity index (χ3n) is 5.70. The monoisotopic (exact) mass is 475 g/mol. The zero-order valence-electron chi connectivity index (χ0n) is 19.1. The summed E-state index contributed by atoms with van der Waals surface area (Å²) in [6.45, 7) is 10.0. The van der Waals surface area contributed by atoms with Gasteiger partial charge in [-0.3, -0.25) is 4.79 Å². The molecule has 0 fully saturated rings. The maximum absolute atomic E-state index is 13.4. The first-order chi connectivity index (χ1) is 15.4. The Morgan fingerprint density at radius 1 is 1.03 bits per heavy atom. The van der Waals surface area contributed by atoms with E-state index in [4.69, 9.17) is 0 Å². The van der Waals surface area contributed by atoms with Crippen LogP contribution in [-0.4, -0.2) is 45.2 Å². The first-order valence-corrected chi connectivity index (χ1v) is 13.8. The summed E-state index contributed by atoms with van der Waals surface area (Å²) in [5, 5.41) is 4.78. The van der Waals surface area contributed by atoms with Gasteiger partial charge in [0, 0.05) is 40.1 Å². The summed E-state index contributed by atoms with van der Waals surface area (Å²) < 4.78 is 29.1. The summed E-state index contributed by atoms with van der Waals surface area (Å²) in [5.74, 6) is 0.117. The first kappa shape index (κ1) is 24.6. The van der Waals surface area contributed by atoms with Crippen LogP contribution in [0.5, 0.6) is 0 Å². The molecule has 0 atom stereocenters. The molecule has 2 N–H and O–H groups in total. The van der Waals surface area contributed by atoms with Crippen LogP contribution in [0.2, 0.25) is 0 Å². The molecule has 1 aromatic heterocycles. The second kappa shape index (κ2) is 11.2. The van der Waals surface area contributed by atoms with Crippen LogP contribution >= 0.6 is 11.3 Å². The number of unbranched alkanes of at least 4 members (excludes halogenated alkanes) is 1. The summed E-state index contributed by atoms with van der Waals surface area (Å²) in [6.07, 6.45) is 1.45. The van der Waals surface area contributed by atoms with E-state index in [1.807, 2.05) is 43.3 Å². The second-order valence-corrected chi connectivity index (χ2v) is 10.8. The molecule has 0 amide bonds. The van der Waals surface area contributed by atoms with E-state index in [1.165, 1.54) is 11.3 Å². The van der Waals surface area contributed by atoms with Crippen LogP contribution in [0.25, 0.3) is 20.2 Å². The molecule has 0 bridgehead atoms. The molecule has 3 rings (SSSR count). The Kier molecular flexibility index (Phi) is 8.64. The van der Waals surface area contributed by atoms with Crippen LogP contribution in [0.4, 0.5) is 5.69 Å². The van der Waals surface area contributed by atoms with Gasteiger partial charge in [0.1, 0.15) is 0 Å². The molecule has 32 heavy (non-hydrogen) atoms. The highest BCUT2D eigenvalue weighted by Gasteiger charge is 2.16. The van der Waals surface area contributed by atoms with E-state index >= 15 is 0 Å². The SMILES string of the molecule is CCCCS(=O)(=O)NCc1ccc(NCCN(CC)CC)c2c(=O)c3ccccc3sc12. The van der Waals surface area contributed by atoms with E-state index in [1.54, 1.807) is 0 Å². The van der Waals surface area contributed by atoms with Gasteiger partial charge in [0.15, 0.2) is 5.43 Å². The fourth-order valence-electron chi connectivity index (χ4n) is 3.72. The summed E-state index contributed by atoms with van der Waals surface area (Å²) in [7, 11) is -3.35. The van der Waals surface area contributed by atoms with Crippen molar-refractivity contribution < 1.29 is 8.42 Å². The number of likely N-dealkylation sites (N-methyl/N-ethyl adjacent to an activating group) is 1. The Morgan fingerprint density at radius 2 is 1.78 bits per heavy atom. The molecule has 174 valence electrons. The summed E-state index contributed by atoms with van der Waals surface area (Å²) in [4.78, 5) is 15.8. The molecule has 6 nitrogen and oxygen atoms in total. The topological polar surface area (TPSA) is 78.5 Å². The molecule has 2 aromatic carbocycles. The number of rotatable bonds is 12. The van der Waals surface area contributed by atoms with Gasteiger partial charge in [-0.25, -0.2) is 13.1 Å². The van der Waals surface area contributed by atoms with Crippen molar-refractivity contribution >= 4 is 47.2 Å². The molecule has 0 spiro atoms. The highest BCUT2D eigenvalue weighted by molar-refractivity contribution is 7.89. The molecule has 0 saturated carbocycles. The first-order valence-electron chi connectivity index (χ1n) is 11.3. The Bertz CT molecular complexity index is 1220. The van der Waals surface area contributed by atoms with E-state index in [-0.39, 0.29) is 17.7 Å². The number of hydrogen-bond acceptors (Lipinski definition) is 6. The maximum atomic E-state index is 13.4. The number of sulfonamides is 1. The Balaban J connectivity index is 2.00.